The molecule has 0 saturated heterocycles. The Labute approximate surface area is 292 Å². The van der Waals surface area contributed by atoms with Gasteiger partial charge >= 0.3 is 269 Å². The zero-order valence-corrected chi connectivity index (χ0v) is 34.7. The van der Waals surface area contributed by atoms with E-state index in [1.165, 1.54) is 35.8 Å². The van der Waals surface area contributed by atoms with Crippen molar-refractivity contribution in [3.8, 4) is 0 Å². The Kier molecular flexibility index (Phi) is 15.5. The van der Waals surface area contributed by atoms with Gasteiger partial charge in [-0.1, -0.05) is 0 Å². The van der Waals surface area contributed by atoms with Crippen LogP contribution in [0.4, 0.5) is 0 Å². The second kappa shape index (κ2) is 16.9. The molecule has 4 rings (SSSR count). The maximum atomic E-state index is 2.74. The van der Waals surface area contributed by atoms with E-state index in [0.717, 1.165) is 23.7 Å². The molecule has 2 unspecified atom stereocenters. The number of rotatable bonds is 12. The fraction of sp³-hybridized carbons (Fsp3) is 0.579. The summed E-state index contributed by atoms with van der Waals surface area (Å²) < 4.78 is 1.43. The molecule has 2 aliphatic rings. The molecular weight excluding hydrogens is 680 g/mol. The minimum Gasteiger partial charge on any atom is -1.00 e. The average Bonchev–Trinajstić information content (AvgIpc) is 3.43. The molecule has 2 aromatic rings. The van der Waals surface area contributed by atoms with Crippen molar-refractivity contribution in [3.63, 3.8) is 0 Å². The molecule has 0 aliphatic heterocycles. The summed E-state index contributed by atoms with van der Waals surface area (Å²) in [6.07, 6.45) is 11.0. The zero-order valence-electron chi connectivity index (χ0n) is 28.9. The fourth-order valence-corrected chi connectivity index (χ4v) is 21.6. The van der Waals surface area contributed by atoms with Crippen LogP contribution in [0, 0.1) is 51.4 Å². The van der Waals surface area contributed by atoms with Gasteiger partial charge in [-0.05, 0) is 0 Å². The van der Waals surface area contributed by atoms with Gasteiger partial charge in [0.1, 0.15) is 0 Å². The maximum Gasteiger partial charge on any atom is -1.00 e. The number of benzene rings is 2. The van der Waals surface area contributed by atoms with Crippen molar-refractivity contribution >= 4 is 28.0 Å². The van der Waals surface area contributed by atoms with Crippen LogP contribution in [0.25, 0.3) is 12.2 Å². The van der Waals surface area contributed by atoms with Crippen molar-refractivity contribution in [3.05, 3.63) is 79.4 Å². The Morgan fingerprint density at radius 3 is 1.07 bits per heavy atom. The standard InChI is InChI=1S/2C19H28P.2ClH.Zr/c2*1-13(2)11-20(12-14(3)4)17-9-18-15(5)7-8-16(6)19(18)10-17;;;/h2*7-10,13-14H,11-12H2,1-6H3;2*1H;/q;;;;+2/p-2. The number of fused-ring (bicyclic) bond motifs is 2. The number of aryl methyl sites for hydroxylation is 4. The van der Waals surface area contributed by atoms with Crippen molar-refractivity contribution in [2.24, 2.45) is 23.7 Å². The Hall–Kier alpha value is 0.243. The molecule has 2 atom stereocenters. The minimum absolute atomic E-state index is 0. The van der Waals surface area contributed by atoms with Crippen LogP contribution in [0.2, 0.25) is 0 Å². The number of halogens is 2. The van der Waals surface area contributed by atoms with Crippen LogP contribution in [0.5, 0.6) is 0 Å². The van der Waals surface area contributed by atoms with E-state index in [1.807, 2.05) is 10.6 Å². The normalized spacial score (nSPS) is 17.3. The predicted molar refractivity (Wildman–Crippen MR) is 186 cm³/mol. The summed E-state index contributed by atoms with van der Waals surface area (Å²) in [7, 11) is -0.241. The zero-order chi connectivity index (χ0) is 30.2. The Balaban J connectivity index is 0.00000323. The third-order valence-electron chi connectivity index (χ3n) is 8.61. The fourth-order valence-electron chi connectivity index (χ4n) is 7.00. The Morgan fingerprint density at radius 2 is 0.791 bits per heavy atom. The van der Waals surface area contributed by atoms with Crippen LogP contribution in [-0.4, -0.2) is 24.6 Å². The van der Waals surface area contributed by atoms with Gasteiger partial charge in [-0.2, -0.15) is 0 Å². The van der Waals surface area contributed by atoms with Crippen LogP contribution in [0.15, 0.2) is 34.9 Å². The quantitative estimate of drug-likeness (QED) is 0.232. The van der Waals surface area contributed by atoms with E-state index in [4.69, 9.17) is 0 Å². The van der Waals surface area contributed by atoms with E-state index >= 15 is 0 Å². The van der Waals surface area contributed by atoms with Gasteiger partial charge in [-0.25, -0.2) is 0 Å². The number of hydrogen-bond acceptors (Lipinski definition) is 0. The second-order valence-corrected chi connectivity index (χ2v) is 22.9. The first-order chi connectivity index (χ1) is 19.3. The first kappa shape index (κ1) is 39.4. The summed E-state index contributed by atoms with van der Waals surface area (Å²) >= 11 is -0.950. The molecule has 0 bridgehead atoms. The van der Waals surface area contributed by atoms with Gasteiger partial charge in [0.25, 0.3) is 0 Å². The van der Waals surface area contributed by atoms with E-state index in [1.54, 1.807) is 33.4 Å². The molecule has 0 nitrogen and oxygen atoms in total. The smallest absolute Gasteiger partial charge is 1.00 e. The number of hydrogen-bond donors (Lipinski definition) is 0. The van der Waals surface area contributed by atoms with Crippen molar-refractivity contribution in [1.29, 1.82) is 0 Å². The molecule has 0 radical (unpaired) electrons. The largest absolute Gasteiger partial charge is 1.00 e. The van der Waals surface area contributed by atoms with Crippen LogP contribution < -0.4 is 24.8 Å². The first-order valence-electron chi connectivity index (χ1n) is 16.2. The first-order valence-corrected chi connectivity index (χ1v) is 22.4. The van der Waals surface area contributed by atoms with E-state index in [2.05, 4.69) is 120 Å². The van der Waals surface area contributed by atoms with E-state index < -0.39 is 23.2 Å². The monoisotopic (exact) mass is 734 g/mol. The molecule has 2 aromatic carbocycles. The van der Waals surface area contributed by atoms with Crippen LogP contribution >= 0.6 is 15.8 Å². The summed E-state index contributed by atoms with van der Waals surface area (Å²) in [4.78, 5) is 0. The summed E-state index contributed by atoms with van der Waals surface area (Å²) in [5.74, 6) is 3.04. The molecule has 0 saturated carbocycles. The summed E-state index contributed by atoms with van der Waals surface area (Å²) in [5.41, 5.74) is 12.7. The molecule has 5 heteroatoms. The molecule has 0 amide bonds. The van der Waals surface area contributed by atoms with Gasteiger partial charge in [-0.3, -0.25) is 0 Å². The van der Waals surface area contributed by atoms with Gasteiger partial charge in [0, 0.05) is 0 Å². The molecule has 43 heavy (non-hydrogen) atoms. The van der Waals surface area contributed by atoms with Crippen molar-refractivity contribution in [1.82, 2.24) is 0 Å². The number of allylic oxidation sites excluding steroid dienone is 2. The molecule has 0 aromatic heterocycles. The van der Waals surface area contributed by atoms with Gasteiger partial charge in [0.15, 0.2) is 0 Å². The van der Waals surface area contributed by atoms with Crippen molar-refractivity contribution in [2.75, 3.05) is 24.6 Å². The van der Waals surface area contributed by atoms with Crippen LogP contribution in [-0.2, 0) is 23.2 Å². The maximum absolute atomic E-state index is 2.74. The second-order valence-electron chi connectivity index (χ2n) is 14.6. The minimum atomic E-state index is -0.950. The molecule has 2 aliphatic carbocycles. The molecule has 0 heterocycles. The van der Waals surface area contributed by atoms with Gasteiger partial charge in [0.05, 0.1) is 0 Å². The van der Waals surface area contributed by atoms with Gasteiger partial charge < -0.3 is 24.8 Å². The molecule has 0 fully saturated rings. The average molecular weight is 737 g/mol. The third-order valence-corrected chi connectivity index (χ3v) is 21.3. The predicted octanol–water partition coefficient (Wildman–Crippen LogP) is 6.09. The molecule has 0 spiro atoms. The van der Waals surface area contributed by atoms with Crippen LogP contribution in [0.1, 0.15) is 107 Å². The summed E-state index contributed by atoms with van der Waals surface area (Å²) in [5, 5.41) is 3.77. The van der Waals surface area contributed by atoms with Gasteiger partial charge in [0.2, 0.25) is 0 Å². The Morgan fingerprint density at radius 1 is 0.512 bits per heavy atom. The molecule has 236 valence electrons. The van der Waals surface area contributed by atoms with Crippen LogP contribution in [0.3, 0.4) is 0 Å². The van der Waals surface area contributed by atoms with Crippen molar-refractivity contribution < 1.29 is 48.0 Å². The van der Waals surface area contributed by atoms with E-state index in [0.29, 0.717) is 7.25 Å². The molecule has 0 N–H and O–H groups in total. The summed E-state index contributed by atoms with van der Waals surface area (Å²) in [6, 6.07) is 9.64. The molecular formula is C38H56Cl2P2Zr. The third kappa shape index (κ3) is 9.20. The SMILES string of the molecule is Cc1ccc(C)c2c1C=C(P(CC(C)C)CC(C)C)[CH]2[Zr+2][CH]1C(P(CC(C)C)CC(C)C)=Cc2c(C)ccc(C)c21.[Cl-].[Cl-]. The summed E-state index contributed by atoms with van der Waals surface area (Å²) in [6.45, 7) is 29.2. The van der Waals surface area contributed by atoms with Crippen molar-refractivity contribution in [2.45, 2.75) is 90.3 Å². The topological polar surface area (TPSA) is 0 Å². The Bertz CT molecular complexity index is 1190. The van der Waals surface area contributed by atoms with E-state index in [9.17, 15) is 0 Å². The van der Waals surface area contributed by atoms with Gasteiger partial charge in [-0.15, -0.1) is 0 Å². The van der Waals surface area contributed by atoms with E-state index in [-0.39, 0.29) is 40.7 Å².